The first kappa shape index (κ1) is 21.6. The number of hydrogen-bond acceptors (Lipinski definition) is 1. The number of rotatable bonds is 1. The van der Waals surface area contributed by atoms with Crippen LogP contribution in [-0.4, -0.2) is 5.11 Å². The Morgan fingerprint density at radius 3 is 1.75 bits per heavy atom. The molecule has 0 aliphatic carbocycles. The molecule has 2 aromatic rings. The molecule has 130 valence electrons. The maximum atomic E-state index is 10.7. The molecule has 0 saturated heterocycles. The SMILES string of the molecule is CC(C)(C)c1cc(O)c(-c2ccccc2)c(C(C)(C)C)c1.[Cl][Ti][Cl]. The monoisotopic (exact) mass is 400 g/mol. The molecule has 2 aromatic carbocycles. The summed E-state index contributed by atoms with van der Waals surface area (Å²) in [6.45, 7) is 13.1. The summed E-state index contributed by atoms with van der Waals surface area (Å²) in [7, 11) is 9.78. The van der Waals surface area contributed by atoms with Gasteiger partial charge in [-0.1, -0.05) is 77.9 Å². The van der Waals surface area contributed by atoms with Gasteiger partial charge in [-0.15, -0.1) is 0 Å². The molecule has 0 aromatic heterocycles. The van der Waals surface area contributed by atoms with Crippen LogP contribution < -0.4 is 0 Å². The Balaban J connectivity index is 0.000000891. The van der Waals surface area contributed by atoms with Gasteiger partial charge >= 0.3 is 35.6 Å². The number of phenols is 1. The van der Waals surface area contributed by atoms with Gasteiger partial charge in [-0.3, -0.25) is 0 Å². The van der Waals surface area contributed by atoms with Crippen molar-refractivity contribution in [2.75, 3.05) is 0 Å². The molecule has 0 amide bonds. The molecule has 0 saturated carbocycles. The van der Waals surface area contributed by atoms with Crippen molar-refractivity contribution >= 4 is 18.6 Å². The second-order valence-corrected chi connectivity index (χ2v) is 10.4. The van der Waals surface area contributed by atoms with E-state index in [-0.39, 0.29) is 10.8 Å². The molecule has 0 fully saturated rings. The first-order chi connectivity index (χ1) is 11.0. The van der Waals surface area contributed by atoms with E-state index in [0.717, 1.165) is 11.1 Å². The van der Waals surface area contributed by atoms with Gasteiger partial charge in [-0.2, -0.15) is 0 Å². The quantitative estimate of drug-likeness (QED) is 0.509. The van der Waals surface area contributed by atoms with Gasteiger partial charge in [-0.05, 0) is 33.6 Å². The molecule has 4 heteroatoms. The van der Waals surface area contributed by atoms with Crippen molar-refractivity contribution in [2.45, 2.75) is 52.4 Å². The Morgan fingerprint density at radius 1 is 0.833 bits per heavy atom. The van der Waals surface area contributed by atoms with Gasteiger partial charge in [-0.25, -0.2) is 0 Å². The summed E-state index contributed by atoms with van der Waals surface area (Å²) >= 11 is -0.556. The molecule has 2 rings (SSSR count). The fourth-order valence-electron chi connectivity index (χ4n) is 2.56. The third-order valence-electron chi connectivity index (χ3n) is 3.85. The average Bonchev–Trinajstić information content (AvgIpc) is 2.46. The zero-order chi connectivity index (χ0) is 18.5. The second-order valence-electron chi connectivity index (χ2n) is 7.86. The summed E-state index contributed by atoms with van der Waals surface area (Å²) in [5.74, 6) is 0.374. The second kappa shape index (κ2) is 8.76. The summed E-state index contributed by atoms with van der Waals surface area (Å²) in [5.41, 5.74) is 4.39. The van der Waals surface area contributed by atoms with Crippen LogP contribution in [0, 0.1) is 0 Å². The van der Waals surface area contributed by atoms with E-state index in [1.165, 1.54) is 11.1 Å². The molecule has 0 unspecified atom stereocenters. The summed E-state index contributed by atoms with van der Waals surface area (Å²) in [5, 5.41) is 10.7. The van der Waals surface area contributed by atoms with Gasteiger partial charge in [0.2, 0.25) is 0 Å². The Hall–Kier alpha value is -0.466. The molecule has 1 nitrogen and oxygen atoms in total. The summed E-state index contributed by atoms with van der Waals surface area (Å²) in [6, 6.07) is 14.3. The molecule has 0 heterocycles. The number of halogens is 2. The van der Waals surface area contributed by atoms with Crippen LogP contribution in [0.3, 0.4) is 0 Å². The fraction of sp³-hybridized carbons (Fsp3) is 0.400. The van der Waals surface area contributed by atoms with Crippen molar-refractivity contribution in [3.63, 3.8) is 0 Å². The van der Waals surface area contributed by atoms with Gasteiger partial charge < -0.3 is 5.11 Å². The van der Waals surface area contributed by atoms with Crippen LogP contribution in [0.4, 0.5) is 0 Å². The Bertz CT molecular complexity index is 656. The van der Waals surface area contributed by atoms with Crippen LogP contribution in [0.1, 0.15) is 52.7 Å². The van der Waals surface area contributed by atoms with Crippen molar-refractivity contribution in [3.05, 3.63) is 53.6 Å². The van der Waals surface area contributed by atoms with E-state index < -0.39 is 17.0 Å². The topological polar surface area (TPSA) is 20.2 Å². The Morgan fingerprint density at radius 2 is 1.33 bits per heavy atom. The predicted molar refractivity (Wildman–Crippen MR) is 103 cm³/mol. The van der Waals surface area contributed by atoms with E-state index in [0.29, 0.717) is 5.75 Å². The number of aromatic hydroxyl groups is 1. The standard InChI is InChI=1S/C20H26O.2ClH.Ti/c1-19(2,3)15-12-16(20(4,5)6)18(17(21)13-15)14-10-8-7-9-11-14;;;/h7-13,21H,1-6H3;2*1H;/q;;;+2/p-2. The molecular weight excluding hydrogens is 375 g/mol. The molecule has 0 radical (unpaired) electrons. The zero-order valence-corrected chi connectivity index (χ0v) is 18.3. The molecule has 0 bridgehead atoms. The van der Waals surface area contributed by atoms with Gasteiger partial charge in [0.1, 0.15) is 5.75 Å². The third-order valence-corrected chi connectivity index (χ3v) is 3.85. The van der Waals surface area contributed by atoms with Crippen LogP contribution in [0.2, 0.25) is 0 Å². The van der Waals surface area contributed by atoms with E-state index in [4.69, 9.17) is 18.6 Å². The number of benzene rings is 2. The van der Waals surface area contributed by atoms with E-state index in [1.54, 1.807) is 0 Å². The van der Waals surface area contributed by atoms with E-state index in [9.17, 15) is 5.11 Å². The van der Waals surface area contributed by atoms with Crippen molar-refractivity contribution < 1.29 is 22.1 Å². The van der Waals surface area contributed by atoms with E-state index in [2.05, 4.69) is 59.7 Å². The zero-order valence-electron chi connectivity index (χ0n) is 15.2. The van der Waals surface area contributed by atoms with Gasteiger partial charge in [0, 0.05) is 5.56 Å². The van der Waals surface area contributed by atoms with Crippen molar-refractivity contribution in [1.29, 1.82) is 0 Å². The molecule has 0 spiro atoms. The first-order valence-electron chi connectivity index (χ1n) is 7.92. The van der Waals surface area contributed by atoms with Crippen LogP contribution in [-0.2, 0) is 27.9 Å². The van der Waals surface area contributed by atoms with Gasteiger partial charge in [0.15, 0.2) is 0 Å². The van der Waals surface area contributed by atoms with Crippen molar-refractivity contribution in [2.24, 2.45) is 0 Å². The van der Waals surface area contributed by atoms with Gasteiger partial charge in [0.25, 0.3) is 0 Å². The van der Waals surface area contributed by atoms with Crippen molar-refractivity contribution in [3.8, 4) is 16.9 Å². The van der Waals surface area contributed by atoms with Crippen LogP contribution in [0.15, 0.2) is 42.5 Å². The first-order valence-corrected chi connectivity index (χ1v) is 12.2. The molecule has 0 atom stereocenters. The fourth-order valence-corrected chi connectivity index (χ4v) is 2.56. The Kier molecular flexibility index (Phi) is 7.88. The van der Waals surface area contributed by atoms with E-state index in [1.807, 2.05) is 24.3 Å². The van der Waals surface area contributed by atoms with E-state index >= 15 is 0 Å². The third kappa shape index (κ3) is 5.81. The normalized spacial score (nSPS) is 11.5. The minimum absolute atomic E-state index is 0.0205. The predicted octanol–water partition coefficient (Wildman–Crippen LogP) is 7.03. The maximum absolute atomic E-state index is 10.7. The molecule has 1 N–H and O–H groups in total. The molecule has 0 aliphatic rings. The number of phenolic OH excluding ortho intramolecular Hbond substituents is 1. The molecular formula is C20H26Cl2OTi. The number of hydrogen-bond donors (Lipinski definition) is 1. The van der Waals surface area contributed by atoms with Crippen LogP contribution in [0.25, 0.3) is 11.1 Å². The van der Waals surface area contributed by atoms with Gasteiger partial charge in [0.05, 0.1) is 0 Å². The van der Waals surface area contributed by atoms with Crippen molar-refractivity contribution in [1.82, 2.24) is 0 Å². The summed E-state index contributed by atoms with van der Waals surface area (Å²) in [4.78, 5) is 0. The molecule has 24 heavy (non-hydrogen) atoms. The minimum atomic E-state index is -0.556. The van der Waals surface area contributed by atoms with Crippen LogP contribution in [0.5, 0.6) is 5.75 Å². The molecule has 0 aliphatic heterocycles. The summed E-state index contributed by atoms with van der Waals surface area (Å²) in [6.07, 6.45) is 0. The van der Waals surface area contributed by atoms with Crippen LogP contribution >= 0.6 is 18.6 Å². The Labute approximate surface area is 163 Å². The average molecular weight is 401 g/mol. The summed E-state index contributed by atoms with van der Waals surface area (Å²) < 4.78 is 0.